The number of quaternary nitrogens is 1. The Labute approximate surface area is 155 Å². The van der Waals surface area contributed by atoms with E-state index in [1.807, 2.05) is 31.2 Å². The van der Waals surface area contributed by atoms with Gasteiger partial charge in [-0.15, -0.1) is 11.3 Å². The van der Waals surface area contributed by atoms with Gasteiger partial charge in [0.1, 0.15) is 23.7 Å². The molecule has 0 spiro atoms. The lowest BCUT2D eigenvalue weighted by molar-refractivity contribution is -0.913. The second-order valence-corrected chi connectivity index (χ2v) is 7.86. The number of rotatable bonds is 4. The number of hydrogen-bond donors (Lipinski definition) is 2. The van der Waals surface area contributed by atoms with Gasteiger partial charge in [-0.05, 0) is 37.1 Å². The summed E-state index contributed by atoms with van der Waals surface area (Å²) >= 11 is 1.62. The minimum Gasteiger partial charge on any atom is -0.486 e. The van der Waals surface area contributed by atoms with E-state index < -0.39 is 0 Å². The molecule has 0 fully saturated rings. The van der Waals surface area contributed by atoms with Crippen LogP contribution in [0, 0.1) is 6.92 Å². The number of benzene rings is 1. The molecular formula is C19H23N4O2S+. The van der Waals surface area contributed by atoms with Crippen molar-refractivity contribution in [1.82, 2.24) is 9.66 Å². The van der Waals surface area contributed by atoms with Crippen molar-refractivity contribution in [3.63, 3.8) is 0 Å². The van der Waals surface area contributed by atoms with Crippen LogP contribution < -0.4 is 21.0 Å². The Balaban J connectivity index is 1.69. The van der Waals surface area contributed by atoms with Crippen LogP contribution in [0.5, 0.6) is 5.75 Å². The monoisotopic (exact) mass is 371 g/mol. The number of nitrogens with one attached hydrogen (secondary N) is 1. The summed E-state index contributed by atoms with van der Waals surface area (Å²) in [6, 6.07) is 7.78. The quantitative estimate of drug-likeness (QED) is 0.672. The van der Waals surface area contributed by atoms with Crippen LogP contribution in [0.4, 0.5) is 0 Å². The van der Waals surface area contributed by atoms with Crippen molar-refractivity contribution >= 4 is 21.6 Å². The van der Waals surface area contributed by atoms with Crippen LogP contribution in [0.1, 0.15) is 28.8 Å². The van der Waals surface area contributed by atoms with Gasteiger partial charge in [-0.1, -0.05) is 12.1 Å². The van der Waals surface area contributed by atoms with E-state index in [2.05, 4.69) is 11.9 Å². The molecule has 0 saturated heterocycles. The van der Waals surface area contributed by atoms with Gasteiger partial charge in [0, 0.05) is 6.42 Å². The number of aromatic nitrogens is 2. The molecule has 0 amide bonds. The molecule has 3 aromatic rings. The molecule has 2 aromatic heterocycles. The van der Waals surface area contributed by atoms with Crippen molar-refractivity contribution in [3.05, 3.63) is 56.4 Å². The summed E-state index contributed by atoms with van der Waals surface area (Å²) in [5.41, 5.74) is 2.09. The number of nitrogen functional groups attached to an aromatic ring is 1. The van der Waals surface area contributed by atoms with Gasteiger partial charge in [-0.2, -0.15) is 0 Å². The largest absolute Gasteiger partial charge is 0.486 e. The van der Waals surface area contributed by atoms with E-state index >= 15 is 0 Å². The Kier molecular flexibility index (Phi) is 4.42. The SMILES string of the molecule is CC[NH+]1CCc2c(sc3nc(COc4cccc(C)c4)n(N)c(=O)c23)C1. The van der Waals surface area contributed by atoms with Gasteiger partial charge in [0.25, 0.3) is 5.56 Å². The summed E-state index contributed by atoms with van der Waals surface area (Å²) in [5, 5.41) is 0.696. The van der Waals surface area contributed by atoms with Crippen LogP contribution in [-0.4, -0.2) is 22.7 Å². The van der Waals surface area contributed by atoms with E-state index in [1.54, 1.807) is 16.2 Å². The second kappa shape index (κ2) is 6.74. The lowest BCUT2D eigenvalue weighted by atomic mass is 10.1. The molecule has 0 saturated carbocycles. The molecule has 0 bridgehead atoms. The van der Waals surface area contributed by atoms with Crippen molar-refractivity contribution in [2.45, 2.75) is 33.4 Å². The molecule has 1 aliphatic rings. The van der Waals surface area contributed by atoms with Gasteiger partial charge >= 0.3 is 0 Å². The van der Waals surface area contributed by atoms with Crippen LogP contribution >= 0.6 is 11.3 Å². The maximum absolute atomic E-state index is 12.8. The van der Waals surface area contributed by atoms with Gasteiger partial charge in [0.05, 0.1) is 23.4 Å². The summed E-state index contributed by atoms with van der Waals surface area (Å²) in [4.78, 5) is 21.1. The average molecular weight is 371 g/mol. The third-order valence-electron chi connectivity index (χ3n) is 5.01. The number of aryl methyl sites for hydroxylation is 1. The van der Waals surface area contributed by atoms with Crippen LogP contribution in [0.25, 0.3) is 10.2 Å². The molecule has 4 rings (SSSR count). The van der Waals surface area contributed by atoms with Gasteiger partial charge in [0.2, 0.25) is 0 Å². The van der Waals surface area contributed by atoms with E-state index in [4.69, 9.17) is 10.6 Å². The summed E-state index contributed by atoms with van der Waals surface area (Å²) in [6.07, 6.45) is 0.911. The average Bonchev–Trinajstić information content (AvgIpc) is 3.01. The highest BCUT2D eigenvalue weighted by Gasteiger charge is 2.26. The summed E-state index contributed by atoms with van der Waals surface area (Å²) in [5.74, 6) is 7.24. The molecule has 1 unspecified atom stereocenters. The molecule has 1 aliphatic heterocycles. The summed E-state index contributed by atoms with van der Waals surface area (Å²) in [6.45, 7) is 7.48. The highest BCUT2D eigenvalue weighted by atomic mass is 32.1. The normalized spacial score (nSPS) is 16.6. The Morgan fingerprint density at radius 1 is 1.42 bits per heavy atom. The maximum atomic E-state index is 12.8. The number of likely N-dealkylation sites (N-methyl/N-ethyl adjacent to an activating group) is 1. The summed E-state index contributed by atoms with van der Waals surface area (Å²) < 4.78 is 6.94. The van der Waals surface area contributed by atoms with Gasteiger partial charge in [-0.3, -0.25) is 4.79 Å². The number of fused-ring (bicyclic) bond motifs is 3. The Hall–Kier alpha value is -2.38. The number of hydrogen-bond acceptors (Lipinski definition) is 5. The number of ether oxygens (including phenoxy) is 1. The number of nitrogens with two attached hydrogens (primary N) is 1. The van der Waals surface area contributed by atoms with Gasteiger partial charge < -0.3 is 15.5 Å². The molecule has 26 heavy (non-hydrogen) atoms. The molecule has 0 aliphatic carbocycles. The molecule has 136 valence electrons. The van der Waals surface area contributed by atoms with Crippen LogP contribution in [-0.2, 0) is 19.6 Å². The minimum absolute atomic E-state index is 0.167. The molecule has 3 N–H and O–H groups in total. The zero-order valence-electron chi connectivity index (χ0n) is 15.0. The van der Waals surface area contributed by atoms with E-state index in [0.29, 0.717) is 11.2 Å². The fourth-order valence-corrected chi connectivity index (χ4v) is 4.79. The molecule has 1 atom stereocenters. The molecule has 3 heterocycles. The van der Waals surface area contributed by atoms with Gasteiger partial charge in [0.15, 0.2) is 5.82 Å². The molecule has 6 nitrogen and oxygen atoms in total. The number of nitrogens with zero attached hydrogens (tertiary/aromatic N) is 2. The first-order chi connectivity index (χ1) is 12.6. The Bertz CT molecular complexity index is 1020. The van der Waals surface area contributed by atoms with E-state index in [-0.39, 0.29) is 12.2 Å². The Morgan fingerprint density at radius 3 is 3.04 bits per heavy atom. The molecule has 1 aromatic carbocycles. The van der Waals surface area contributed by atoms with Gasteiger partial charge in [-0.25, -0.2) is 9.66 Å². The third-order valence-corrected chi connectivity index (χ3v) is 6.14. The zero-order chi connectivity index (χ0) is 18.3. The highest BCUT2D eigenvalue weighted by molar-refractivity contribution is 7.18. The van der Waals surface area contributed by atoms with E-state index in [9.17, 15) is 4.79 Å². The lowest BCUT2D eigenvalue weighted by Gasteiger charge is -2.22. The molecule has 7 heteroatoms. The van der Waals surface area contributed by atoms with Crippen LogP contribution in [0.15, 0.2) is 29.1 Å². The smallest absolute Gasteiger partial charge is 0.281 e. The predicted octanol–water partition coefficient (Wildman–Crippen LogP) is 1.02. The maximum Gasteiger partial charge on any atom is 0.281 e. The summed E-state index contributed by atoms with van der Waals surface area (Å²) in [7, 11) is 0. The standard InChI is InChI=1S/C19H22N4O2S/c1-3-22-8-7-14-15(10-22)26-18-17(14)19(24)23(20)16(21-18)11-25-13-6-4-5-12(2)9-13/h4-6,9H,3,7-8,10-11,20H2,1-2H3/p+1. The van der Waals surface area contributed by atoms with Crippen LogP contribution in [0.2, 0.25) is 0 Å². The fourth-order valence-electron chi connectivity index (χ4n) is 3.49. The van der Waals surface area contributed by atoms with Crippen molar-refractivity contribution in [1.29, 1.82) is 0 Å². The molecule has 0 radical (unpaired) electrons. The zero-order valence-corrected chi connectivity index (χ0v) is 15.9. The molecular weight excluding hydrogens is 348 g/mol. The third kappa shape index (κ3) is 2.97. The predicted molar refractivity (Wildman–Crippen MR) is 103 cm³/mol. The van der Waals surface area contributed by atoms with Crippen molar-refractivity contribution in [2.24, 2.45) is 0 Å². The Morgan fingerprint density at radius 2 is 2.27 bits per heavy atom. The first kappa shape index (κ1) is 17.1. The minimum atomic E-state index is -0.171. The highest BCUT2D eigenvalue weighted by Crippen LogP contribution is 2.29. The number of thiophene rings is 1. The second-order valence-electron chi connectivity index (χ2n) is 6.77. The van der Waals surface area contributed by atoms with Crippen molar-refractivity contribution < 1.29 is 9.64 Å². The van der Waals surface area contributed by atoms with Crippen molar-refractivity contribution in [2.75, 3.05) is 18.9 Å². The van der Waals surface area contributed by atoms with Crippen LogP contribution in [0.3, 0.4) is 0 Å². The first-order valence-corrected chi connectivity index (χ1v) is 9.72. The topological polar surface area (TPSA) is 74.6 Å². The van der Waals surface area contributed by atoms with Crippen molar-refractivity contribution in [3.8, 4) is 5.75 Å². The fraction of sp³-hybridized carbons (Fsp3) is 0.368. The van der Waals surface area contributed by atoms with E-state index in [0.717, 1.165) is 52.4 Å². The van der Waals surface area contributed by atoms with E-state index in [1.165, 1.54) is 4.88 Å². The lowest BCUT2D eigenvalue weighted by Crippen LogP contribution is -3.11. The first-order valence-electron chi connectivity index (χ1n) is 8.91.